The van der Waals surface area contributed by atoms with Crippen molar-refractivity contribution < 1.29 is 19.4 Å². The van der Waals surface area contributed by atoms with E-state index in [4.69, 9.17) is 21.4 Å². The molecule has 0 aliphatic carbocycles. The number of ether oxygens (including phenoxy) is 1. The Morgan fingerprint density at radius 2 is 2.00 bits per heavy atom. The first kappa shape index (κ1) is 15.3. The Labute approximate surface area is 116 Å². The normalized spacial score (nSPS) is 11.7. The molecule has 5 nitrogen and oxygen atoms in total. The first-order valence-corrected chi connectivity index (χ1v) is 6.31. The number of hydrogen-bond acceptors (Lipinski definition) is 3. The smallest absolute Gasteiger partial charge is 0.326 e. The van der Waals surface area contributed by atoms with Gasteiger partial charge in [-0.05, 0) is 30.7 Å². The quantitative estimate of drug-likeness (QED) is 0.804. The summed E-state index contributed by atoms with van der Waals surface area (Å²) in [6.45, 7) is 1.63. The number of amides is 1. The fraction of sp³-hybridized carbons (Fsp3) is 0.385. The average molecular weight is 286 g/mol. The molecule has 0 aromatic heterocycles. The lowest BCUT2D eigenvalue weighted by Crippen LogP contribution is -2.42. The molecule has 0 bridgehead atoms. The average Bonchev–Trinajstić information content (AvgIpc) is 2.37. The minimum Gasteiger partial charge on any atom is -0.484 e. The van der Waals surface area contributed by atoms with Crippen molar-refractivity contribution >= 4 is 23.5 Å². The second-order valence-electron chi connectivity index (χ2n) is 3.99. The summed E-state index contributed by atoms with van der Waals surface area (Å²) in [7, 11) is 0. The zero-order valence-electron chi connectivity index (χ0n) is 10.6. The van der Waals surface area contributed by atoms with E-state index in [1.807, 2.05) is 6.92 Å². The van der Waals surface area contributed by atoms with Crippen molar-refractivity contribution in [2.75, 3.05) is 6.61 Å². The number of carboxylic acids is 1. The maximum absolute atomic E-state index is 11.5. The SMILES string of the molecule is CCC[C@@H](NC(=O)COc1ccc(Cl)cc1)C(=O)O. The predicted octanol–water partition coefficient (Wildman–Crippen LogP) is 2.09. The molecule has 0 unspecified atom stereocenters. The minimum atomic E-state index is -1.04. The number of halogens is 1. The van der Waals surface area contributed by atoms with Crippen molar-refractivity contribution in [3.05, 3.63) is 29.3 Å². The van der Waals surface area contributed by atoms with Gasteiger partial charge in [-0.3, -0.25) is 4.79 Å². The Balaban J connectivity index is 2.42. The van der Waals surface area contributed by atoms with Crippen molar-refractivity contribution in [3.63, 3.8) is 0 Å². The van der Waals surface area contributed by atoms with Gasteiger partial charge in [0.2, 0.25) is 0 Å². The Morgan fingerprint density at radius 1 is 1.37 bits per heavy atom. The highest BCUT2D eigenvalue weighted by Crippen LogP contribution is 2.15. The van der Waals surface area contributed by atoms with Crippen LogP contribution in [0.5, 0.6) is 5.75 Å². The van der Waals surface area contributed by atoms with Crippen molar-refractivity contribution in [1.29, 1.82) is 0 Å². The molecule has 0 aliphatic heterocycles. The van der Waals surface area contributed by atoms with Crippen LogP contribution in [-0.4, -0.2) is 29.6 Å². The number of carbonyl (C=O) groups is 2. The van der Waals surface area contributed by atoms with Crippen LogP contribution < -0.4 is 10.1 Å². The van der Waals surface area contributed by atoms with Crippen LogP contribution in [0.25, 0.3) is 0 Å². The second kappa shape index (κ2) is 7.63. The highest BCUT2D eigenvalue weighted by Gasteiger charge is 2.18. The van der Waals surface area contributed by atoms with E-state index in [9.17, 15) is 9.59 Å². The van der Waals surface area contributed by atoms with Crippen LogP contribution in [0.15, 0.2) is 24.3 Å². The Bertz CT molecular complexity index is 433. The fourth-order valence-corrected chi connectivity index (χ4v) is 1.59. The monoisotopic (exact) mass is 285 g/mol. The van der Waals surface area contributed by atoms with Crippen LogP contribution >= 0.6 is 11.6 Å². The van der Waals surface area contributed by atoms with Crippen LogP contribution in [-0.2, 0) is 9.59 Å². The molecule has 0 saturated carbocycles. The van der Waals surface area contributed by atoms with Crippen LogP contribution in [0.4, 0.5) is 0 Å². The van der Waals surface area contributed by atoms with Crippen LogP contribution in [0.1, 0.15) is 19.8 Å². The number of hydrogen-bond donors (Lipinski definition) is 2. The van der Waals surface area contributed by atoms with E-state index >= 15 is 0 Å². The van der Waals surface area contributed by atoms with Crippen LogP contribution in [0, 0.1) is 0 Å². The lowest BCUT2D eigenvalue weighted by Gasteiger charge is -2.13. The van der Waals surface area contributed by atoms with Crippen LogP contribution in [0.3, 0.4) is 0 Å². The summed E-state index contributed by atoms with van der Waals surface area (Å²) in [6, 6.07) is 5.69. The zero-order valence-corrected chi connectivity index (χ0v) is 11.3. The van der Waals surface area contributed by atoms with E-state index in [0.717, 1.165) is 0 Å². The third-order valence-corrected chi connectivity index (χ3v) is 2.65. The molecule has 0 radical (unpaired) electrons. The van der Waals surface area contributed by atoms with Gasteiger partial charge in [0.1, 0.15) is 11.8 Å². The van der Waals surface area contributed by atoms with Gasteiger partial charge < -0.3 is 15.2 Å². The van der Waals surface area contributed by atoms with E-state index in [1.165, 1.54) is 0 Å². The number of carbonyl (C=O) groups excluding carboxylic acids is 1. The molecule has 1 rings (SSSR count). The van der Waals surface area contributed by atoms with E-state index < -0.39 is 17.9 Å². The van der Waals surface area contributed by atoms with Crippen molar-refractivity contribution in [2.24, 2.45) is 0 Å². The number of benzene rings is 1. The number of nitrogens with one attached hydrogen (secondary N) is 1. The minimum absolute atomic E-state index is 0.227. The molecular formula is C13H16ClNO4. The molecule has 1 atom stereocenters. The standard InChI is InChI=1S/C13H16ClNO4/c1-2-3-11(13(17)18)15-12(16)8-19-10-6-4-9(14)5-7-10/h4-7,11H,2-3,8H2,1H3,(H,15,16)(H,17,18)/t11-/m1/s1. The van der Waals surface area contributed by atoms with Gasteiger partial charge >= 0.3 is 5.97 Å². The molecular weight excluding hydrogens is 270 g/mol. The van der Waals surface area contributed by atoms with Crippen molar-refractivity contribution in [3.8, 4) is 5.75 Å². The third-order valence-electron chi connectivity index (χ3n) is 2.39. The first-order valence-electron chi connectivity index (χ1n) is 5.93. The van der Waals surface area contributed by atoms with Gasteiger partial charge in [0.15, 0.2) is 6.61 Å². The predicted molar refractivity (Wildman–Crippen MR) is 71.4 cm³/mol. The Hall–Kier alpha value is -1.75. The molecule has 1 aromatic carbocycles. The summed E-state index contributed by atoms with van der Waals surface area (Å²) < 4.78 is 5.22. The van der Waals surface area contributed by atoms with Gasteiger partial charge in [0.25, 0.3) is 5.91 Å². The van der Waals surface area contributed by atoms with Gasteiger partial charge in [0, 0.05) is 5.02 Å². The lowest BCUT2D eigenvalue weighted by atomic mass is 10.2. The largest absolute Gasteiger partial charge is 0.484 e. The van der Waals surface area contributed by atoms with E-state index in [0.29, 0.717) is 23.6 Å². The zero-order chi connectivity index (χ0) is 14.3. The third kappa shape index (κ3) is 5.61. The maximum Gasteiger partial charge on any atom is 0.326 e. The molecule has 0 aliphatic rings. The number of aliphatic carboxylic acids is 1. The molecule has 0 fully saturated rings. The highest BCUT2D eigenvalue weighted by molar-refractivity contribution is 6.30. The van der Waals surface area contributed by atoms with E-state index in [2.05, 4.69) is 5.32 Å². The Kier molecular flexibility index (Phi) is 6.15. The molecule has 0 spiro atoms. The van der Waals surface area contributed by atoms with Gasteiger partial charge in [-0.2, -0.15) is 0 Å². The van der Waals surface area contributed by atoms with E-state index in [1.54, 1.807) is 24.3 Å². The van der Waals surface area contributed by atoms with E-state index in [-0.39, 0.29) is 6.61 Å². The maximum atomic E-state index is 11.5. The molecule has 0 heterocycles. The van der Waals surface area contributed by atoms with Gasteiger partial charge in [-0.25, -0.2) is 4.79 Å². The summed E-state index contributed by atoms with van der Waals surface area (Å²) in [4.78, 5) is 22.4. The molecule has 0 saturated heterocycles. The molecule has 2 N–H and O–H groups in total. The van der Waals surface area contributed by atoms with Crippen molar-refractivity contribution in [1.82, 2.24) is 5.32 Å². The Morgan fingerprint density at radius 3 is 2.53 bits per heavy atom. The summed E-state index contributed by atoms with van der Waals surface area (Å²) in [6.07, 6.45) is 1.07. The first-order chi connectivity index (χ1) is 9.02. The molecule has 1 amide bonds. The summed E-state index contributed by atoms with van der Waals surface area (Å²) in [5, 5.41) is 11.9. The van der Waals surface area contributed by atoms with Crippen molar-refractivity contribution in [2.45, 2.75) is 25.8 Å². The van der Waals surface area contributed by atoms with Crippen LogP contribution in [0.2, 0.25) is 5.02 Å². The number of rotatable bonds is 7. The molecule has 6 heteroatoms. The summed E-state index contributed by atoms with van der Waals surface area (Å²) in [5.41, 5.74) is 0. The fourth-order valence-electron chi connectivity index (χ4n) is 1.46. The molecule has 19 heavy (non-hydrogen) atoms. The molecule has 1 aromatic rings. The molecule has 104 valence electrons. The highest BCUT2D eigenvalue weighted by atomic mass is 35.5. The van der Waals surface area contributed by atoms with Gasteiger partial charge in [-0.1, -0.05) is 24.9 Å². The van der Waals surface area contributed by atoms with Gasteiger partial charge in [-0.15, -0.1) is 0 Å². The number of carboxylic acid groups (broad SMARTS) is 1. The topological polar surface area (TPSA) is 75.6 Å². The second-order valence-corrected chi connectivity index (χ2v) is 4.43. The van der Waals surface area contributed by atoms with Gasteiger partial charge in [0.05, 0.1) is 0 Å². The summed E-state index contributed by atoms with van der Waals surface area (Å²) >= 11 is 5.71. The summed E-state index contributed by atoms with van der Waals surface area (Å²) in [5.74, 6) is -1.00. The lowest BCUT2D eigenvalue weighted by molar-refractivity contribution is -0.142.